The Bertz CT molecular complexity index is 474. The number of carbonyl (C=O) groups excluding carboxylic acids is 1. The monoisotopic (exact) mass is 579 g/mol. The van der Waals surface area contributed by atoms with Gasteiger partial charge >= 0.3 is 5.97 Å². The molecule has 41 heavy (non-hydrogen) atoms. The number of ether oxygens (including phenoxy) is 1. The fraction of sp³-hybridized carbons (Fsp3) is 0.974. The van der Waals surface area contributed by atoms with Crippen LogP contribution in [0.4, 0.5) is 0 Å². The lowest BCUT2D eigenvalue weighted by atomic mass is 10.0. The van der Waals surface area contributed by atoms with Crippen molar-refractivity contribution in [2.24, 2.45) is 0 Å². The standard InChI is InChI=1S/C39H78O2/c1-3-5-7-9-11-13-14-15-16-17-18-19-20-21-22-23-24-25-26-27-28-29-30-31-33-35-37-39(40)41-38-36-34-32-12-10-8-6-4-2/h3-38H2,1-2H3. The van der Waals surface area contributed by atoms with E-state index in [1.54, 1.807) is 0 Å². The number of carbonyl (C=O) groups is 1. The average molecular weight is 579 g/mol. The van der Waals surface area contributed by atoms with Crippen molar-refractivity contribution in [3.63, 3.8) is 0 Å². The van der Waals surface area contributed by atoms with Crippen LogP contribution >= 0.6 is 0 Å². The van der Waals surface area contributed by atoms with E-state index in [9.17, 15) is 4.79 Å². The molecule has 0 aliphatic rings. The minimum Gasteiger partial charge on any atom is -0.466 e. The van der Waals surface area contributed by atoms with Gasteiger partial charge in [0.05, 0.1) is 6.61 Å². The van der Waals surface area contributed by atoms with Gasteiger partial charge in [-0.05, 0) is 12.8 Å². The first-order chi connectivity index (χ1) is 20.3. The first-order valence-electron chi connectivity index (χ1n) is 19.5. The van der Waals surface area contributed by atoms with Crippen molar-refractivity contribution in [3.05, 3.63) is 0 Å². The third-order valence-electron chi connectivity index (χ3n) is 9.00. The van der Waals surface area contributed by atoms with Crippen molar-refractivity contribution in [2.75, 3.05) is 6.61 Å². The van der Waals surface area contributed by atoms with Crippen LogP contribution in [0.1, 0.15) is 239 Å². The summed E-state index contributed by atoms with van der Waals surface area (Å²) in [5.74, 6) is 0.0253. The minimum absolute atomic E-state index is 0.0253. The van der Waals surface area contributed by atoms with E-state index in [1.807, 2.05) is 0 Å². The molecule has 0 spiro atoms. The lowest BCUT2D eigenvalue weighted by Crippen LogP contribution is -2.05. The first kappa shape index (κ1) is 40.5. The highest BCUT2D eigenvalue weighted by molar-refractivity contribution is 5.69. The van der Waals surface area contributed by atoms with Crippen molar-refractivity contribution in [3.8, 4) is 0 Å². The van der Waals surface area contributed by atoms with E-state index >= 15 is 0 Å². The third-order valence-corrected chi connectivity index (χ3v) is 9.00. The molecule has 0 aromatic rings. The Morgan fingerprint density at radius 3 is 0.805 bits per heavy atom. The normalized spacial score (nSPS) is 11.4. The molecule has 0 saturated heterocycles. The summed E-state index contributed by atoms with van der Waals surface area (Å²) in [6, 6.07) is 0. The smallest absolute Gasteiger partial charge is 0.305 e. The van der Waals surface area contributed by atoms with Gasteiger partial charge in [-0.25, -0.2) is 0 Å². The number of esters is 1. The van der Waals surface area contributed by atoms with Gasteiger partial charge in [0, 0.05) is 6.42 Å². The van der Waals surface area contributed by atoms with Crippen molar-refractivity contribution in [2.45, 2.75) is 239 Å². The Balaban J connectivity index is 3.11. The summed E-state index contributed by atoms with van der Waals surface area (Å²) in [6.45, 7) is 5.20. The molecular formula is C39H78O2. The van der Waals surface area contributed by atoms with Crippen molar-refractivity contribution >= 4 is 5.97 Å². The molecular weight excluding hydrogens is 500 g/mol. The van der Waals surface area contributed by atoms with Gasteiger partial charge in [0.15, 0.2) is 0 Å². The van der Waals surface area contributed by atoms with E-state index in [1.165, 1.54) is 205 Å². The molecule has 0 fully saturated rings. The SMILES string of the molecule is CCCCCCCCCCCCCCCCCCCCCCCCCCCCC(=O)OCCCCCCCCCC. The highest BCUT2D eigenvalue weighted by Gasteiger charge is 2.03. The summed E-state index contributed by atoms with van der Waals surface area (Å²) in [5.41, 5.74) is 0. The number of rotatable bonds is 36. The highest BCUT2D eigenvalue weighted by atomic mass is 16.5. The molecule has 246 valence electrons. The van der Waals surface area contributed by atoms with Crippen LogP contribution in [-0.4, -0.2) is 12.6 Å². The second-order valence-electron chi connectivity index (χ2n) is 13.3. The van der Waals surface area contributed by atoms with Gasteiger partial charge in [0.25, 0.3) is 0 Å². The highest BCUT2D eigenvalue weighted by Crippen LogP contribution is 2.16. The Labute approximate surface area is 260 Å². The van der Waals surface area contributed by atoms with E-state index in [0.29, 0.717) is 13.0 Å². The van der Waals surface area contributed by atoms with Gasteiger partial charge in [0.2, 0.25) is 0 Å². The zero-order chi connectivity index (χ0) is 29.7. The van der Waals surface area contributed by atoms with Crippen molar-refractivity contribution in [1.29, 1.82) is 0 Å². The summed E-state index contributed by atoms with van der Waals surface area (Å²) in [7, 11) is 0. The number of unbranched alkanes of at least 4 members (excludes halogenated alkanes) is 32. The molecule has 0 atom stereocenters. The summed E-state index contributed by atoms with van der Waals surface area (Å²) >= 11 is 0. The molecule has 0 heterocycles. The molecule has 0 aromatic heterocycles. The molecule has 0 amide bonds. The fourth-order valence-electron chi connectivity index (χ4n) is 6.08. The van der Waals surface area contributed by atoms with Crippen LogP contribution in [0.15, 0.2) is 0 Å². The maximum Gasteiger partial charge on any atom is 0.305 e. The minimum atomic E-state index is 0.0253. The summed E-state index contributed by atoms with van der Waals surface area (Å²) in [6.07, 6.45) is 47.7. The van der Waals surface area contributed by atoms with Crippen LogP contribution < -0.4 is 0 Å². The van der Waals surface area contributed by atoms with Crippen LogP contribution in [0.25, 0.3) is 0 Å². The van der Waals surface area contributed by atoms with Gasteiger partial charge in [-0.15, -0.1) is 0 Å². The molecule has 0 N–H and O–H groups in total. The molecule has 0 aliphatic heterocycles. The second kappa shape index (κ2) is 37.5. The van der Waals surface area contributed by atoms with E-state index in [2.05, 4.69) is 13.8 Å². The Hall–Kier alpha value is -0.530. The Morgan fingerprint density at radius 1 is 0.317 bits per heavy atom. The lowest BCUT2D eigenvalue weighted by Gasteiger charge is -2.06. The summed E-state index contributed by atoms with van der Waals surface area (Å²) in [5, 5.41) is 0. The molecule has 0 aromatic carbocycles. The largest absolute Gasteiger partial charge is 0.466 e. The molecule has 0 aliphatic carbocycles. The van der Waals surface area contributed by atoms with E-state index < -0.39 is 0 Å². The molecule has 0 radical (unpaired) electrons. The molecule has 0 unspecified atom stereocenters. The quantitative estimate of drug-likeness (QED) is 0.0546. The van der Waals surface area contributed by atoms with Gasteiger partial charge in [-0.3, -0.25) is 4.79 Å². The van der Waals surface area contributed by atoms with Crippen molar-refractivity contribution in [1.82, 2.24) is 0 Å². The Kier molecular flexibility index (Phi) is 37.0. The second-order valence-corrected chi connectivity index (χ2v) is 13.3. The number of hydrogen-bond acceptors (Lipinski definition) is 2. The first-order valence-corrected chi connectivity index (χ1v) is 19.5. The van der Waals surface area contributed by atoms with E-state index in [4.69, 9.17) is 4.74 Å². The van der Waals surface area contributed by atoms with Crippen LogP contribution in [0.2, 0.25) is 0 Å². The zero-order valence-corrected chi connectivity index (χ0v) is 28.8. The van der Waals surface area contributed by atoms with Gasteiger partial charge in [0.1, 0.15) is 0 Å². The fourth-order valence-corrected chi connectivity index (χ4v) is 6.08. The molecule has 2 nitrogen and oxygen atoms in total. The van der Waals surface area contributed by atoms with Crippen molar-refractivity contribution < 1.29 is 9.53 Å². The number of hydrogen-bond donors (Lipinski definition) is 0. The molecule has 0 saturated carbocycles. The van der Waals surface area contributed by atoms with Crippen LogP contribution in [-0.2, 0) is 9.53 Å². The van der Waals surface area contributed by atoms with Gasteiger partial charge < -0.3 is 4.74 Å². The summed E-state index contributed by atoms with van der Waals surface area (Å²) in [4.78, 5) is 11.9. The van der Waals surface area contributed by atoms with Crippen LogP contribution in [0.3, 0.4) is 0 Å². The molecule has 0 rings (SSSR count). The maximum atomic E-state index is 11.9. The zero-order valence-electron chi connectivity index (χ0n) is 28.8. The molecule has 0 bridgehead atoms. The van der Waals surface area contributed by atoms with Gasteiger partial charge in [-0.1, -0.05) is 219 Å². The van der Waals surface area contributed by atoms with E-state index in [0.717, 1.165) is 12.8 Å². The average Bonchev–Trinajstić information content (AvgIpc) is 2.98. The maximum absolute atomic E-state index is 11.9. The van der Waals surface area contributed by atoms with Crippen LogP contribution in [0, 0.1) is 0 Å². The Morgan fingerprint density at radius 2 is 0.537 bits per heavy atom. The van der Waals surface area contributed by atoms with E-state index in [-0.39, 0.29) is 5.97 Å². The van der Waals surface area contributed by atoms with Gasteiger partial charge in [-0.2, -0.15) is 0 Å². The van der Waals surface area contributed by atoms with Crippen LogP contribution in [0.5, 0.6) is 0 Å². The predicted molar refractivity (Wildman–Crippen MR) is 184 cm³/mol. The third kappa shape index (κ3) is 37.4. The predicted octanol–water partition coefficient (Wildman–Crippen LogP) is 14.2. The topological polar surface area (TPSA) is 26.3 Å². The lowest BCUT2D eigenvalue weighted by molar-refractivity contribution is -0.143. The molecule has 2 heteroatoms. The summed E-state index contributed by atoms with van der Waals surface area (Å²) < 4.78 is 5.41.